The highest BCUT2D eigenvalue weighted by Gasteiger charge is 2.33. The maximum atomic E-state index is 13.3. The Hall–Kier alpha value is -2.41. The maximum Gasteiger partial charge on any atom is 0.323 e. The van der Waals surface area contributed by atoms with Gasteiger partial charge in [0, 0.05) is 23.5 Å². The van der Waals surface area contributed by atoms with E-state index >= 15 is 0 Å². The fourth-order valence-electron chi connectivity index (χ4n) is 2.80. The lowest BCUT2D eigenvalue weighted by Gasteiger charge is -2.26. The fraction of sp³-hybridized carbons (Fsp3) is 0.278. The predicted molar refractivity (Wildman–Crippen MR) is 96.9 cm³/mol. The minimum absolute atomic E-state index is 0.196. The zero-order valence-electron chi connectivity index (χ0n) is 14.0. The van der Waals surface area contributed by atoms with Crippen molar-refractivity contribution >= 4 is 23.5 Å². The summed E-state index contributed by atoms with van der Waals surface area (Å²) in [5.41, 5.74) is 1.30. The van der Waals surface area contributed by atoms with Gasteiger partial charge < -0.3 is 19.7 Å². The molecule has 0 unspecified atom stereocenters. The topological polar surface area (TPSA) is 50.8 Å². The van der Waals surface area contributed by atoms with Crippen LogP contribution in [0, 0.1) is 5.82 Å². The van der Waals surface area contributed by atoms with Gasteiger partial charge in [0.05, 0.1) is 14.2 Å². The van der Waals surface area contributed by atoms with Gasteiger partial charge in [-0.15, -0.1) is 11.8 Å². The van der Waals surface area contributed by atoms with Crippen LogP contribution in [0.2, 0.25) is 0 Å². The highest BCUT2D eigenvalue weighted by Crippen LogP contribution is 2.45. The molecule has 0 radical (unpaired) electrons. The van der Waals surface area contributed by atoms with Gasteiger partial charge in [-0.1, -0.05) is 18.2 Å². The summed E-state index contributed by atoms with van der Waals surface area (Å²) in [5, 5.41) is 2.56. The number of carbonyl (C=O) groups excluding carboxylic acids is 1. The first kappa shape index (κ1) is 17.4. The zero-order chi connectivity index (χ0) is 17.8. The van der Waals surface area contributed by atoms with E-state index in [1.54, 1.807) is 43.0 Å². The normalized spacial score (nSPS) is 16.6. The Bertz CT molecular complexity index is 772. The number of urea groups is 1. The number of ether oxygens (including phenoxy) is 2. The van der Waals surface area contributed by atoms with Gasteiger partial charge in [0.1, 0.15) is 11.2 Å². The van der Waals surface area contributed by atoms with E-state index in [-0.39, 0.29) is 17.2 Å². The first-order chi connectivity index (χ1) is 12.1. The second kappa shape index (κ2) is 7.65. The lowest BCUT2D eigenvalue weighted by molar-refractivity contribution is 0.213. The third kappa shape index (κ3) is 3.66. The van der Waals surface area contributed by atoms with Crippen LogP contribution in [-0.2, 0) is 0 Å². The number of hydrogen-bond acceptors (Lipinski definition) is 4. The summed E-state index contributed by atoms with van der Waals surface area (Å²) in [6, 6.07) is 11.2. The molecular weight excluding hydrogens is 343 g/mol. The zero-order valence-corrected chi connectivity index (χ0v) is 14.8. The smallest absolute Gasteiger partial charge is 0.323 e. The molecule has 0 spiro atoms. The molecule has 25 heavy (non-hydrogen) atoms. The highest BCUT2D eigenvalue weighted by atomic mass is 32.2. The van der Waals surface area contributed by atoms with Gasteiger partial charge in [0.15, 0.2) is 11.5 Å². The molecule has 1 heterocycles. The standard InChI is InChI=1S/C18H19FN2O3S/c1-23-15-8-4-7-14(16(15)24-2)17-21(9-10-25-17)18(22)20-13-6-3-5-12(19)11-13/h3-8,11,17H,9-10H2,1-2H3,(H,20,22)/t17-/m0/s1. The molecule has 1 aliphatic heterocycles. The van der Waals surface area contributed by atoms with Gasteiger partial charge in [-0.05, 0) is 24.3 Å². The van der Waals surface area contributed by atoms with Crippen molar-refractivity contribution in [2.75, 3.05) is 31.8 Å². The van der Waals surface area contributed by atoms with E-state index in [9.17, 15) is 9.18 Å². The van der Waals surface area contributed by atoms with Crippen molar-refractivity contribution in [1.29, 1.82) is 0 Å². The number of carbonyl (C=O) groups is 1. The summed E-state index contributed by atoms with van der Waals surface area (Å²) in [7, 11) is 3.16. The molecule has 2 aromatic rings. The van der Waals surface area contributed by atoms with E-state index < -0.39 is 0 Å². The van der Waals surface area contributed by atoms with E-state index in [2.05, 4.69) is 5.32 Å². The number of para-hydroxylation sites is 1. The first-order valence-electron chi connectivity index (χ1n) is 7.79. The fourth-order valence-corrected chi connectivity index (χ4v) is 4.08. The number of anilines is 1. The molecule has 7 heteroatoms. The van der Waals surface area contributed by atoms with Gasteiger partial charge in [-0.2, -0.15) is 0 Å². The van der Waals surface area contributed by atoms with Crippen LogP contribution in [0.3, 0.4) is 0 Å². The van der Waals surface area contributed by atoms with Crippen LogP contribution in [0.25, 0.3) is 0 Å². The van der Waals surface area contributed by atoms with Crippen LogP contribution in [-0.4, -0.2) is 37.4 Å². The lowest BCUT2D eigenvalue weighted by Crippen LogP contribution is -2.34. The monoisotopic (exact) mass is 362 g/mol. The molecule has 0 aliphatic carbocycles. The second-order valence-corrected chi connectivity index (χ2v) is 6.63. The van der Waals surface area contributed by atoms with Crippen LogP contribution >= 0.6 is 11.8 Å². The van der Waals surface area contributed by atoms with Gasteiger partial charge in [0.25, 0.3) is 0 Å². The summed E-state index contributed by atoms with van der Waals surface area (Å²) in [6.45, 7) is 0.594. The lowest BCUT2D eigenvalue weighted by atomic mass is 10.1. The Morgan fingerprint density at radius 3 is 2.76 bits per heavy atom. The summed E-state index contributed by atoms with van der Waals surface area (Å²) in [5.74, 6) is 1.66. The van der Waals surface area contributed by atoms with Crippen LogP contribution < -0.4 is 14.8 Å². The molecule has 2 amide bonds. The molecule has 5 nitrogen and oxygen atoms in total. The minimum Gasteiger partial charge on any atom is -0.493 e. The number of amides is 2. The Morgan fingerprint density at radius 1 is 1.24 bits per heavy atom. The van der Waals surface area contributed by atoms with Crippen molar-refractivity contribution in [3.05, 3.63) is 53.8 Å². The quantitative estimate of drug-likeness (QED) is 0.889. The number of rotatable bonds is 4. The summed E-state index contributed by atoms with van der Waals surface area (Å²) < 4.78 is 24.2. The van der Waals surface area contributed by atoms with Crippen molar-refractivity contribution in [1.82, 2.24) is 4.90 Å². The Labute approximate surface area is 150 Å². The number of hydrogen-bond donors (Lipinski definition) is 1. The molecule has 2 aromatic carbocycles. The van der Waals surface area contributed by atoms with Crippen LogP contribution in [0.15, 0.2) is 42.5 Å². The average molecular weight is 362 g/mol. The first-order valence-corrected chi connectivity index (χ1v) is 8.84. The number of benzene rings is 2. The van der Waals surface area contributed by atoms with E-state index in [4.69, 9.17) is 9.47 Å². The molecule has 1 saturated heterocycles. The molecule has 1 N–H and O–H groups in total. The largest absolute Gasteiger partial charge is 0.493 e. The number of nitrogens with one attached hydrogen (secondary N) is 1. The molecular formula is C18H19FN2O3S. The van der Waals surface area contributed by atoms with Crippen molar-refractivity contribution in [3.8, 4) is 11.5 Å². The molecule has 1 fully saturated rings. The van der Waals surface area contributed by atoms with Gasteiger partial charge >= 0.3 is 6.03 Å². The Morgan fingerprint density at radius 2 is 2.04 bits per heavy atom. The third-order valence-corrected chi connectivity index (χ3v) is 5.17. The predicted octanol–water partition coefficient (Wildman–Crippen LogP) is 4.12. The second-order valence-electron chi connectivity index (χ2n) is 5.44. The van der Waals surface area contributed by atoms with Crippen molar-refractivity contribution < 1.29 is 18.7 Å². The average Bonchev–Trinajstić information content (AvgIpc) is 3.10. The van der Waals surface area contributed by atoms with Crippen LogP contribution in [0.1, 0.15) is 10.9 Å². The number of thioether (sulfide) groups is 1. The van der Waals surface area contributed by atoms with E-state index in [0.717, 1.165) is 11.3 Å². The maximum absolute atomic E-state index is 13.3. The van der Waals surface area contributed by atoms with E-state index in [1.807, 2.05) is 18.2 Å². The number of nitrogens with zero attached hydrogens (tertiary/aromatic N) is 1. The van der Waals surface area contributed by atoms with Crippen molar-refractivity contribution in [2.45, 2.75) is 5.37 Å². The van der Waals surface area contributed by atoms with Crippen LogP contribution in [0.4, 0.5) is 14.9 Å². The van der Waals surface area contributed by atoms with Crippen molar-refractivity contribution in [2.24, 2.45) is 0 Å². The molecule has 1 aliphatic rings. The summed E-state index contributed by atoms with van der Waals surface area (Å²) >= 11 is 1.65. The Kier molecular flexibility index (Phi) is 5.33. The third-order valence-electron chi connectivity index (χ3n) is 3.93. The van der Waals surface area contributed by atoms with Gasteiger partial charge in [-0.3, -0.25) is 0 Å². The number of halogens is 1. The minimum atomic E-state index is -0.389. The number of methoxy groups -OCH3 is 2. The SMILES string of the molecule is COc1cccc([C@@H]2SCCN2C(=O)Nc2cccc(F)c2)c1OC. The molecule has 0 saturated carbocycles. The highest BCUT2D eigenvalue weighted by molar-refractivity contribution is 7.99. The molecule has 1 atom stereocenters. The van der Waals surface area contributed by atoms with Crippen molar-refractivity contribution in [3.63, 3.8) is 0 Å². The summed E-state index contributed by atoms with van der Waals surface area (Å²) in [4.78, 5) is 14.4. The molecule has 0 aromatic heterocycles. The van der Waals surface area contributed by atoms with Gasteiger partial charge in [0.2, 0.25) is 0 Å². The van der Waals surface area contributed by atoms with E-state index in [1.165, 1.54) is 12.1 Å². The molecule has 0 bridgehead atoms. The van der Waals surface area contributed by atoms with E-state index in [0.29, 0.717) is 23.7 Å². The van der Waals surface area contributed by atoms with Gasteiger partial charge in [-0.25, -0.2) is 9.18 Å². The Balaban J connectivity index is 1.84. The summed E-state index contributed by atoms with van der Waals surface area (Å²) in [6.07, 6.45) is 0. The molecule has 132 valence electrons. The molecule has 3 rings (SSSR count). The van der Waals surface area contributed by atoms with Crippen LogP contribution in [0.5, 0.6) is 11.5 Å².